The van der Waals surface area contributed by atoms with Crippen LogP contribution in [-0.2, 0) is 35.3 Å². The minimum absolute atomic E-state index is 0.0709. The quantitative estimate of drug-likeness (QED) is 0.183. The first kappa shape index (κ1) is 31.9. The van der Waals surface area contributed by atoms with Crippen LogP contribution in [-0.4, -0.2) is 68.1 Å². The number of hydrogen-bond donors (Lipinski definition) is 0. The number of amides is 2. The van der Waals surface area contributed by atoms with Crippen LogP contribution < -0.4 is 0 Å². The zero-order valence-corrected chi connectivity index (χ0v) is 28.2. The molecule has 10 heteroatoms. The number of nitrogens with zero attached hydrogens (tertiary/aromatic N) is 6. The van der Waals surface area contributed by atoms with Crippen molar-refractivity contribution in [1.29, 1.82) is 0 Å². The van der Waals surface area contributed by atoms with Crippen LogP contribution in [0.3, 0.4) is 0 Å². The van der Waals surface area contributed by atoms with Crippen molar-refractivity contribution in [3.63, 3.8) is 0 Å². The van der Waals surface area contributed by atoms with Gasteiger partial charge in [-0.1, -0.05) is 71.0 Å². The molecule has 0 bridgehead atoms. The van der Waals surface area contributed by atoms with Crippen molar-refractivity contribution in [2.45, 2.75) is 88.9 Å². The average molecular weight is 663 g/mol. The van der Waals surface area contributed by atoms with Crippen molar-refractivity contribution in [1.82, 2.24) is 30.1 Å². The first-order valence-electron chi connectivity index (χ1n) is 18.3. The molecule has 4 heterocycles. The van der Waals surface area contributed by atoms with Gasteiger partial charge in [0.25, 0.3) is 0 Å². The number of rotatable bonds is 12. The summed E-state index contributed by atoms with van der Waals surface area (Å²) in [6.45, 7) is 2.79. The van der Waals surface area contributed by atoms with Crippen LogP contribution in [0.1, 0.15) is 97.8 Å². The van der Waals surface area contributed by atoms with Crippen molar-refractivity contribution in [2.75, 3.05) is 26.2 Å². The smallest absolute Gasteiger partial charge is 0.231 e. The fraction of sp³-hybridized carbons (Fsp3) is 0.538. The maximum Gasteiger partial charge on any atom is 0.231 e. The lowest BCUT2D eigenvalue weighted by molar-refractivity contribution is -0.159. The molecule has 0 N–H and O–H groups in total. The summed E-state index contributed by atoms with van der Waals surface area (Å²) in [7, 11) is 0. The largest absolute Gasteiger partial charge is 0.342 e. The fourth-order valence-electron chi connectivity index (χ4n) is 8.75. The molecule has 10 nitrogen and oxygen atoms in total. The molecule has 4 fully saturated rings. The molecule has 2 amide bonds. The van der Waals surface area contributed by atoms with Crippen LogP contribution in [0.2, 0.25) is 0 Å². The number of carbonyl (C=O) groups excluding carboxylic acids is 2. The molecular formula is C39H46N6O4. The maximum absolute atomic E-state index is 13.4. The SMILES string of the molecule is O=C(C1CC2(C1)CC(C(=O)N1CC[C@@H](c3nc(CCCc4ccccc4)no3)C1)C2)N1CC[C@@H](c2nc(CCCc3ccccc3)no2)C1. The van der Waals surface area contributed by atoms with Crippen molar-refractivity contribution in [2.24, 2.45) is 17.3 Å². The van der Waals surface area contributed by atoms with E-state index >= 15 is 0 Å². The lowest BCUT2D eigenvalue weighted by atomic mass is 9.48. The van der Waals surface area contributed by atoms with Gasteiger partial charge in [-0.25, -0.2) is 0 Å². The minimum atomic E-state index is 0.0709. The summed E-state index contributed by atoms with van der Waals surface area (Å²) in [5.74, 6) is 3.72. The third-order valence-corrected chi connectivity index (χ3v) is 11.5. The van der Waals surface area contributed by atoms with Gasteiger partial charge in [0.15, 0.2) is 11.6 Å². The van der Waals surface area contributed by atoms with Crippen LogP contribution in [0, 0.1) is 17.3 Å². The second-order valence-electron chi connectivity index (χ2n) is 15.0. The molecule has 2 aliphatic heterocycles. The molecule has 0 unspecified atom stereocenters. The summed E-state index contributed by atoms with van der Waals surface area (Å²) in [6.07, 6.45) is 10.8. The molecule has 49 heavy (non-hydrogen) atoms. The predicted octanol–water partition coefficient (Wildman–Crippen LogP) is 5.94. The van der Waals surface area contributed by atoms with Crippen LogP contribution in [0.25, 0.3) is 0 Å². The normalized spacial score (nSPS) is 26.2. The summed E-state index contributed by atoms with van der Waals surface area (Å²) >= 11 is 0. The molecule has 2 aromatic carbocycles. The van der Waals surface area contributed by atoms with Crippen LogP contribution in [0.5, 0.6) is 0 Å². The van der Waals surface area contributed by atoms with Crippen LogP contribution in [0.4, 0.5) is 0 Å². The third-order valence-electron chi connectivity index (χ3n) is 11.5. The maximum atomic E-state index is 13.4. The zero-order valence-electron chi connectivity index (χ0n) is 28.2. The minimum Gasteiger partial charge on any atom is -0.342 e. The molecule has 4 aromatic rings. The lowest BCUT2D eigenvalue weighted by Gasteiger charge is -2.57. The second-order valence-corrected chi connectivity index (χ2v) is 15.0. The van der Waals surface area contributed by atoms with Crippen molar-refractivity contribution in [3.05, 3.63) is 95.2 Å². The number of aromatic nitrogens is 4. The number of aryl methyl sites for hydroxylation is 4. The Morgan fingerprint density at radius 3 is 1.49 bits per heavy atom. The monoisotopic (exact) mass is 662 g/mol. The van der Waals surface area contributed by atoms with Gasteiger partial charge in [0.2, 0.25) is 23.6 Å². The van der Waals surface area contributed by atoms with E-state index in [1.807, 2.05) is 21.9 Å². The Morgan fingerprint density at radius 1 is 0.633 bits per heavy atom. The summed E-state index contributed by atoms with van der Waals surface area (Å²) in [5, 5.41) is 8.44. The number of hydrogen-bond acceptors (Lipinski definition) is 8. The molecule has 2 aromatic heterocycles. The Labute approximate surface area is 287 Å². The molecule has 0 radical (unpaired) electrons. The summed E-state index contributed by atoms with van der Waals surface area (Å²) < 4.78 is 11.3. The molecule has 256 valence electrons. The van der Waals surface area contributed by atoms with E-state index in [0.29, 0.717) is 24.9 Å². The summed E-state index contributed by atoms with van der Waals surface area (Å²) in [6, 6.07) is 20.9. The van der Waals surface area contributed by atoms with Crippen LogP contribution in [0.15, 0.2) is 69.7 Å². The van der Waals surface area contributed by atoms with Crippen molar-refractivity contribution in [3.8, 4) is 0 Å². The molecule has 2 aliphatic carbocycles. The highest BCUT2D eigenvalue weighted by molar-refractivity contribution is 5.82. The Bertz CT molecular complexity index is 1590. The van der Waals surface area contributed by atoms with Gasteiger partial charge in [-0.3, -0.25) is 9.59 Å². The summed E-state index contributed by atoms with van der Waals surface area (Å²) in [5.41, 5.74) is 2.80. The van der Waals surface area contributed by atoms with Crippen LogP contribution >= 0.6 is 0 Å². The van der Waals surface area contributed by atoms with E-state index in [-0.39, 0.29) is 40.9 Å². The van der Waals surface area contributed by atoms with Gasteiger partial charge in [0.1, 0.15) is 0 Å². The molecule has 4 aliphatic rings. The third kappa shape index (κ3) is 7.05. The Balaban J connectivity index is 0.739. The van der Waals surface area contributed by atoms with E-state index in [4.69, 9.17) is 9.05 Å². The second kappa shape index (κ2) is 13.9. The highest BCUT2D eigenvalue weighted by Gasteiger charge is 2.58. The van der Waals surface area contributed by atoms with Crippen molar-refractivity contribution < 1.29 is 18.6 Å². The summed E-state index contributed by atoms with van der Waals surface area (Å²) in [4.78, 5) is 40.2. The molecule has 2 atom stereocenters. The molecule has 8 rings (SSSR count). The average Bonchev–Trinajstić information content (AvgIpc) is 3.91. The van der Waals surface area contributed by atoms with Gasteiger partial charge >= 0.3 is 0 Å². The molecule has 1 spiro atoms. The van der Waals surface area contributed by atoms with Gasteiger partial charge in [-0.2, -0.15) is 9.97 Å². The fourth-order valence-corrected chi connectivity index (χ4v) is 8.75. The van der Waals surface area contributed by atoms with E-state index in [0.717, 1.165) is 102 Å². The standard InChI is InChI=1S/C39H46N6O4/c46-37(44-19-17-29(25-44)35-40-33(42-48-35)15-7-13-27-9-3-1-4-10-27)31-21-39(22-31)23-32(24-39)38(47)45-20-18-30(26-45)36-41-34(43-49-36)16-8-14-28-11-5-2-6-12-28/h1-6,9-12,29-32H,7-8,13-26H2/t29-,30-,31?,32?,39?/m1/s1. The Morgan fingerprint density at radius 2 is 1.06 bits per heavy atom. The van der Waals surface area contributed by atoms with Gasteiger partial charge < -0.3 is 18.8 Å². The van der Waals surface area contributed by atoms with E-state index < -0.39 is 0 Å². The Hall–Kier alpha value is -4.34. The number of benzene rings is 2. The number of carbonyl (C=O) groups is 2. The highest BCUT2D eigenvalue weighted by atomic mass is 16.5. The van der Waals surface area contributed by atoms with Gasteiger partial charge in [-0.05, 0) is 80.8 Å². The van der Waals surface area contributed by atoms with E-state index in [2.05, 4.69) is 68.8 Å². The Kier molecular flexibility index (Phi) is 9.04. The van der Waals surface area contributed by atoms with E-state index in [9.17, 15) is 9.59 Å². The van der Waals surface area contributed by atoms with E-state index in [1.165, 1.54) is 11.1 Å². The predicted molar refractivity (Wildman–Crippen MR) is 181 cm³/mol. The molecule has 2 saturated carbocycles. The highest BCUT2D eigenvalue weighted by Crippen LogP contribution is 2.62. The van der Waals surface area contributed by atoms with Gasteiger partial charge in [0, 0.05) is 50.9 Å². The van der Waals surface area contributed by atoms with E-state index in [1.54, 1.807) is 0 Å². The van der Waals surface area contributed by atoms with Crippen molar-refractivity contribution >= 4 is 11.8 Å². The molecular weight excluding hydrogens is 616 g/mol. The topological polar surface area (TPSA) is 118 Å². The van der Waals surface area contributed by atoms with Gasteiger partial charge in [0.05, 0.1) is 11.8 Å². The molecule has 2 saturated heterocycles. The lowest BCUT2D eigenvalue weighted by Crippen LogP contribution is -2.55. The number of likely N-dealkylation sites (tertiary alicyclic amines) is 2. The zero-order chi connectivity index (χ0) is 33.2. The van der Waals surface area contributed by atoms with Gasteiger partial charge in [-0.15, -0.1) is 0 Å². The first-order valence-corrected chi connectivity index (χ1v) is 18.3. The first-order chi connectivity index (χ1) is 24.0.